The molecular formula is C13H15NO2. The van der Waals surface area contributed by atoms with Gasteiger partial charge < -0.3 is 5.32 Å². The van der Waals surface area contributed by atoms with Crippen LogP contribution < -0.4 is 5.32 Å². The molecule has 0 atom stereocenters. The Morgan fingerprint density at radius 2 is 2.00 bits per heavy atom. The van der Waals surface area contributed by atoms with Gasteiger partial charge in [0.15, 0.2) is 0 Å². The molecule has 0 spiro atoms. The molecule has 1 aromatic rings. The van der Waals surface area contributed by atoms with Gasteiger partial charge in [-0.2, -0.15) is 0 Å². The first-order valence-corrected chi connectivity index (χ1v) is 5.07. The van der Waals surface area contributed by atoms with Crippen LogP contribution in [-0.4, -0.2) is 18.2 Å². The lowest BCUT2D eigenvalue weighted by atomic mass is 10.0. The van der Waals surface area contributed by atoms with Crippen LogP contribution in [0.2, 0.25) is 0 Å². The molecule has 84 valence electrons. The number of benzene rings is 1. The number of Topliss-reactive ketones (excluding diaryl/α,β-unsaturated/α-hetero) is 1. The Bertz CT molecular complexity index is 436. The zero-order valence-corrected chi connectivity index (χ0v) is 9.54. The second-order valence-electron chi connectivity index (χ2n) is 3.63. The van der Waals surface area contributed by atoms with Gasteiger partial charge in [0.1, 0.15) is 0 Å². The topological polar surface area (TPSA) is 46.2 Å². The van der Waals surface area contributed by atoms with Crippen molar-refractivity contribution in [3.8, 4) is 0 Å². The Balaban J connectivity index is 2.84. The van der Waals surface area contributed by atoms with Gasteiger partial charge in [-0.3, -0.25) is 9.59 Å². The second-order valence-corrected chi connectivity index (χ2v) is 3.63. The maximum absolute atomic E-state index is 11.7. The van der Waals surface area contributed by atoms with Gasteiger partial charge in [-0.1, -0.05) is 18.2 Å². The summed E-state index contributed by atoms with van der Waals surface area (Å²) < 4.78 is 0. The fourth-order valence-corrected chi connectivity index (χ4v) is 1.26. The maximum Gasteiger partial charge on any atom is 0.292 e. The van der Waals surface area contributed by atoms with E-state index >= 15 is 0 Å². The highest BCUT2D eigenvalue weighted by atomic mass is 16.2. The van der Waals surface area contributed by atoms with Gasteiger partial charge in [-0.15, -0.1) is 6.58 Å². The smallest absolute Gasteiger partial charge is 0.292 e. The normalized spacial score (nSPS) is 9.62. The van der Waals surface area contributed by atoms with Gasteiger partial charge in [-0.25, -0.2) is 0 Å². The first kappa shape index (κ1) is 12.2. The standard InChI is InChI=1S/C13H15NO2/c1-4-7-14-13(16)12(15)11-6-5-9(2)10(3)8-11/h4-6,8H,1,7H2,2-3H3,(H,14,16). The second kappa shape index (κ2) is 5.26. The number of amides is 1. The fourth-order valence-electron chi connectivity index (χ4n) is 1.26. The van der Waals surface area contributed by atoms with Crippen molar-refractivity contribution in [2.75, 3.05) is 6.54 Å². The van der Waals surface area contributed by atoms with Crippen LogP contribution in [0.25, 0.3) is 0 Å². The van der Waals surface area contributed by atoms with Crippen molar-refractivity contribution in [3.63, 3.8) is 0 Å². The number of hydrogen-bond donors (Lipinski definition) is 1. The SMILES string of the molecule is C=CCNC(=O)C(=O)c1ccc(C)c(C)c1. The monoisotopic (exact) mass is 217 g/mol. The van der Waals surface area contributed by atoms with Gasteiger partial charge in [0.05, 0.1) is 0 Å². The summed E-state index contributed by atoms with van der Waals surface area (Å²) in [4.78, 5) is 23.1. The average Bonchev–Trinajstić information content (AvgIpc) is 2.28. The molecular weight excluding hydrogens is 202 g/mol. The van der Waals surface area contributed by atoms with Crippen molar-refractivity contribution in [2.45, 2.75) is 13.8 Å². The maximum atomic E-state index is 11.7. The van der Waals surface area contributed by atoms with E-state index in [-0.39, 0.29) is 0 Å². The third-order valence-corrected chi connectivity index (χ3v) is 2.38. The molecule has 1 rings (SSSR count). The lowest BCUT2D eigenvalue weighted by Crippen LogP contribution is -2.31. The molecule has 3 heteroatoms. The molecule has 0 unspecified atom stereocenters. The van der Waals surface area contributed by atoms with Crippen LogP contribution in [0, 0.1) is 13.8 Å². The highest BCUT2D eigenvalue weighted by Crippen LogP contribution is 2.10. The Morgan fingerprint density at radius 3 is 2.56 bits per heavy atom. The Kier molecular flexibility index (Phi) is 4.00. The number of nitrogens with one attached hydrogen (secondary N) is 1. The van der Waals surface area contributed by atoms with E-state index in [1.807, 2.05) is 19.9 Å². The molecule has 0 aliphatic rings. The van der Waals surface area contributed by atoms with E-state index in [4.69, 9.17) is 0 Å². The predicted molar refractivity (Wildman–Crippen MR) is 63.5 cm³/mol. The van der Waals surface area contributed by atoms with Crippen LogP contribution in [0.5, 0.6) is 0 Å². The lowest BCUT2D eigenvalue weighted by molar-refractivity contribution is -0.116. The van der Waals surface area contributed by atoms with E-state index in [1.165, 1.54) is 6.08 Å². The highest BCUT2D eigenvalue weighted by molar-refractivity contribution is 6.42. The quantitative estimate of drug-likeness (QED) is 0.475. The van der Waals surface area contributed by atoms with Gasteiger partial charge in [0, 0.05) is 12.1 Å². The number of hydrogen-bond acceptors (Lipinski definition) is 2. The summed E-state index contributed by atoms with van der Waals surface area (Å²) in [6.07, 6.45) is 1.53. The molecule has 1 amide bonds. The van der Waals surface area contributed by atoms with Crippen molar-refractivity contribution in [1.29, 1.82) is 0 Å². The van der Waals surface area contributed by atoms with Crippen LogP contribution in [0.3, 0.4) is 0 Å². The third-order valence-electron chi connectivity index (χ3n) is 2.38. The molecule has 0 aromatic heterocycles. The number of ketones is 1. The summed E-state index contributed by atoms with van der Waals surface area (Å²) >= 11 is 0. The molecule has 0 aliphatic heterocycles. The minimum absolute atomic E-state index is 0.301. The summed E-state index contributed by atoms with van der Waals surface area (Å²) in [6, 6.07) is 5.23. The predicted octanol–water partition coefficient (Wildman–Crippen LogP) is 1.79. The number of carbonyl (C=O) groups is 2. The fraction of sp³-hybridized carbons (Fsp3) is 0.231. The molecule has 0 aliphatic carbocycles. The van der Waals surface area contributed by atoms with Crippen LogP contribution in [0.1, 0.15) is 21.5 Å². The molecule has 0 fully saturated rings. The van der Waals surface area contributed by atoms with Crippen LogP contribution in [0.15, 0.2) is 30.9 Å². The summed E-state index contributed by atoms with van der Waals surface area (Å²) in [5.41, 5.74) is 2.52. The van der Waals surface area contributed by atoms with Crippen molar-refractivity contribution in [2.24, 2.45) is 0 Å². The van der Waals surface area contributed by atoms with Crippen LogP contribution in [0.4, 0.5) is 0 Å². The van der Waals surface area contributed by atoms with Crippen molar-refractivity contribution in [3.05, 3.63) is 47.5 Å². The number of rotatable bonds is 4. The van der Waals surface area contributed by atoms with E-state index in [2.05, 4.69) is 11.9 Å². The highest BCUT2D eigenvalue weighted by Gasteiger charge is 2.15. The number of aryl methyl sites for hydroxylation is 2. The number of carbonyl (C=O) groups excluding carboxylic acids is 2. The van der Waals surface area contributed by atoms with Crippen LogP contribution >= 0.6 is 0 Å². The minimum Gasteiger partial charge on any atom is -0.346 e. The Labute approximate surface area is 95.2 Å². The molecule has 1 aromatic carbocycles. The van der Waals surface area contributed by atoms with Crippen molar-refractivity contribution in [1.82, 2.24) is 5.32 Å². The first-order valence-electron chi connectivity index (χ1n) is 5.07. The van der Waals surface area contributed by atoms with E-state index < -0.39 is 11.7 Å². The lowest BCUT2D eigenvalue weighted by Gasteiger charge is -2.04. The molecule has 0 radical (unpaired) electrons. The molecule has 0 saturated carbocycles. The van der Waals surface area contributed by atoms with E-state index in [0.29, 0.717) is 12.1 Å². The molecule has 0 bridgehead atoms. The molecule has 0 heterocycles. The Morgan fingerprint density at radius 1 is 1.31 bits per heavy atom. The van der Waals surface area contributed by atoms with E-state index in [0.717, 1.165) is 11.1 Å². The summed E-state index contributed by atoms with van der Waals surface area (Å²) in [6.45, 7) is 7.64. The molecule has 0 saturated heterocycles. The van der Waals surface area contributed by atoms with Gasteiger partial charge in [0.25, 0.3) is 5.91 Å². The molecule has 16 heavy (non-hydrogen) atoms. The van der Waals surface area contributed by atoms with Crippen molar-refractivity contribution < 1.29 is 9.59 Å². The zero-order valence-electron chi connectivity index (χ0n) is 9.54. The summed E-state index contributed by atoms with van der Waals surface area (Å²) in [5, 5.41) is 2.46. The first-order chi connectivity index (χ1) is 7.56. The summed E-state index contributed by atoms with van der Waals surface area (Å²) in [7, 11) is 0. The molecule has 3 nitrogen and oxygen atoms in total. The van der Waals surface area contributed by atoms with Crippen LogP contribution in [-0.2, 0) is 4.79 Å². The van der Waals surface area contributed by atoms with E-state index in [1.54, 1.807) is 12.1 Å². The van der Waals surface area contributed by atoms with Gasteiger partial charge in [-0.05, 0) is 31.0 Å². The Hall–Kier alpha value is -1.90. The largest absolute Gasteiger partial charge is 0.346 e. The van der Waals surface area contributed by atoms with Crippen molar-refractivity contribution >= 4 is 11.7 Å². The van der Waals surface area contributed by atoms with Gasteiger partial charge >= 0.3 is 0 Å². The zero-order chi connectivity index (χ0) is 12.1. The minimum atomic E-state index is -0.594. The average molecular weight is 217 g/mol. The van der Waals surface area contributed by atoms with Gasteiger partial charge in [0.2, 0.25) is 5.78 Å². The third kappa shape index (κ3) is 2.79. The molecule has 1 N–H and O–H groups in total. The summed E-state index contributed by atoms with van der Waals surface area (Å²) in [5.74, 6) is -1.10. The van der Waals surface area contributed by atoms with E-state index in [9.17, 15) is 9.59 Å².